The Balaban J connectivity index is 2.27. The molecule has 0 unspecified atom stereocenters. The summed E-state index contributed by atoms with van der Waals surface area (Å²) in [6.07, 6.45) is 0. The molecule has 2 aromatic rings. The number of nitrogens with two attached hydrogens (primary N) is 1. The molecule has 3 N–H and O–H groups in total. The number of nitrogen functional groups attached to an aromatic ring is 1. The minimum Gasteiger partial charge on any atom is -0.490 e. The lowest BCUT2D eigenvalue weighted by molar-refractivity contribution is 0.288. The first kappa shape index (κ1) is 15.0. The lowest BCUT2D eigenvalue weighted by Crippen LogP contribution is -2.01. The molecule has 112 valence electrons. The van der Waals surface area contributed by atoms with Crippen LogP contribution in [-0.4, -0.2) is 13.2 Å². The van der Waals surface area contributed by atoms with Crippen molar-refractivity contribution in [2.75, 3.05) is 24.3 Å². The summed E-state index contributed by atoms with van der Waals surface area (Å²) >= 11 is 0. The molecule has 0 fully saturated rings. The lowest BCUT2D eigenvalue weighted by Gasteiger charge is -2.14. The van der Waals surface area contributed by atoms with Crippen LogP contribution in [-0.2, 0) is 0 Å². The third-order valence-electron chi connectivity index (χ3n) is 2.84. The zero-order valence-corrected chi connectivity index (χ0v) is 12.2. The average molecular weight is 290 g/mol. The normalized spacial score (nSPS) is 10.2. The van der Waals surface area contributed by atoms with Crippen LogP contribution in [0.15, 0.2) is 36.4 Å². The fourth-order valence-corrected chi connectivity index (χ4v) is 1.92. The van der Waals surface area contributed by atoms with Crippen molar-refractivity contribution in [1.82, 2.24) is 0 Å². The summed E-state index contributed by atoms with van der Waals surface area (Å²) in [4.78, 5) is 0. The molecule has 5 heteroatoms. The first-order valence-electron chi connectivity index (χ1n) is 6.85. The monoisotopic (exact) mass is 290 g/mol. The van der Waals surface area contributed by atoms with E-state index in [0.29, 0.717) is 36.1 Å². The predicted molar refractivity (Wildman–Crippen MR) is 82.9 cm³/mol. The zero-order valence-electron chi connectivity index (χ0n) is 12.2. The largest absolute Gasteiger partial charge is 0.490 e. The molecule has 0 heterocycles. The van der Waals surface area contributed by atoms with Crippen molar-refractivity contribution in [3.05, 3.63) is 42.2 Å². The fourth-order valence-electron chi connectivity index (χ4n) is 1.92. The fraction of sp³-hybridized carbons (Fsp3) is 0.250. The Kier molecular flexibility index (Phi) is 4.87. The molecule has 2 rings (SSSR count). The number of halogens is 1. The molecule has 0 amide bonds. The third kappa shape index (κ3) is 3.78. The highest BCUT2D eigenvalue weighted by atomic mass is 19.1. The van der Waals surface area contributed by atoms with Gasteiger partial charge in [0, 0.05) is 11.8 Å². The second kappa shape index (κ2) is 6.83. The van der Waals surface area contributed by atoms with Crippen LogP contribution < -0.4 is 20.5 Å². The van der Waals surface area contributed by atoms with E-state index < -0.39 is 0 Å². The standard InChI is InChI=1S/C16H19FN2O2/c1-3-20-15-8-6-12(10-16(15)21-4-2)19-14-9-11(17)5-7-13(14)18/h5-10,19H,3-4,18H2,1-2H3. The molecule has 2 aromatic carbocycles. The van der Waals surface area contributed by atoms with E-state index in [4.69, 9.17) is 15.2 Å². The Labute approximate surface area is 123 Å². The number of anilines is 3. The van der Waals surface area contributed by atoms with Crippen molar-refractivity contribution < 1.29 is 13.9 Å². The van der Waals surface area contributed by atoms with E-state index in [1.807, 2.05) is 26.0 Å². The average Bonchev–Trinajstić information content (AvgIpc) is 2.46. The summed E-state index contributed by atoms with van der Waals surface area (Å²) < 4.78 is 24.3. The lowest BCUT2D eigenvalue weighted by atomic mass is 10.2. The van der Waals surface area contributed by atoms with Crippen molar-refractivity contribution in [2.45, 2.75) is 13.8 Å². The first-order chi connectivity index (χ1) is 10.1. The van der Waals surface area contributed by atoms with Gasteiger partial charge in [-0.3, -0.25) is 0 Å². The molecular weight excluding hydrogens is 271 g/mol. The van der Waals surface area contributed by atoms with Crippen molar-refractivity contribution >= 4 is 17.1 Å². The molecule has 0 aliphatic carbocycles. The summed E-state index contributed by atoms with van der Waals surface area (Å²) in [6, 6.07) is 9.65. The minimum absolute atomic E-state index is 0.345. The molecule has 0 bridgehead atoms. The van der Waals surface area contributed by atoms with Crippen LogP contribution in [0.2, 0.25) is 0 Å². The second-order valence-corrected chi connectivity index (χ2v) is 4.38. The van der Waals surface area contributed by atoms with Crippen LogP contribution in [0.4, 0.5) is 21.5 Å². The number of hydrogen-bond donors (Lipinski definition) is 2. The Hall–Kier alpha value is -2.43. The topological polar surface area (TPSA) is 56.5 Å². The van der Waals surface area contributed by atoms with Gasteiger partial charge in [0.2, 0.25) is 0 Å². The van der Waals surface area contributed by atoms with Gasteiger partial charge in [-0.15, -0.1) is 0 Å². The highest BCUT2D eigenvalue weighted by Crippen LogP contribution is 2.33. The van der Waals surface area contributed by atoms with E-state index in [2.05, 4.69) is 5.32 Å². The molecule has 0 saturated carbocycles. The summed E-state index contributed by atoms with van der Waals surface area (Å²) in [6.45, 7) is 4.91. The van der Waals surface area contributed by atoms with E-state index in [0.717, 1.165) is 5.69 Å². The molecule has 0 radical (unpaired) electrons. The van der Waals surface area contributed by atoms with E-state index >= 15 is 0 Å². The molecule has 21 heavy (non-hydrogen) atoms. The molecule has 0 aliphatic heterocycles. The van der Waals surface area contributed by atoms with Gasteiger partial charge >= 0.3 is 0 Å². The second-order valence-electron chi connectivity index (χ2n) is 4.38. The van der Waals surface area contributed by atoms with Gasteiger partial charge in [0.05, 0.1) is 24.6 Å². The summed E-state index contributed by atoms with van der Waals surface area (Å²) in [5.41, 5.74) is 7.57. The van der Waals surface area contributed by atoms with Crippen LogP contribution in [0.5, 0.6) is 11.5 Å². The van der Waals surface area contributed by atoms with Gasteiger partial charge in [0.25, 0.3) is 0 Å². The first-order valence-corrected chi connectivity index (χ1v) is 6.85. The van der Waals surface area contributed by atoms with Gasteiger partial charge < -0.3 is 20.5 Å². The Morgan fingerprint density at radius 2 is 1.71 bits per heavy atom. The Morgan fingerprint density at radius 3 is 2.43 bits per heavy atom. The minimum atomic E-state index is -0.345. The molecular formula is C16H19FN2O2. The Bertz CT molecular complexity index is 617. The number of hydrogen-bond acceptors (Lipinski definition) is 4. The van der Waals surface area contributed by atoms with E-state index in [9.17, 15) is 4.39 Å². The maximum absolute atomic E-state index is 13.3. The van der Waals surface area contributed by atoms with Crippen molar-refractivity contribution in [2.24, 2.45) is 0 Å². The van der Waals surface area contributed by atoms with Crippen LogP contribution in [0.1, 0.15) is 13.8 Å². The third-order valence-corrected chi connectivity index (χ3v) is 2.84. The highest BCUT2D eigenvalue weighted by molar-refractivity contribution is 5.73. The quantitative estimate of drug-likeness (QED) is 0.791. The SMILES string of the molecule is CCOc1ccc(Nc2cc(F)ccc2N)cc1OCC. The molecule has 4 nitrogen and oxygen atoms in total. The van der Waals surface area contributed by atoms with Crippen LogP contribution in [0.3, 0.4) is 0 Å². The maximum atomic E-state index is 13.3. The number of ether oxygens (including phenoxy) is 2. The van der Waals surface area contributed by atoms with E-state index in [-0.39, 0.29) is 5.82 Å². The molecule has 0 saturated heterocycles. The highest BCUT2D eigenvalue weighted by Gasteiger charge is 2.08. The molecule has 0 atom stereocenters. The van der Waals surface area contributed by atoms with Crippen molar-refractivity contribution in [3.63, 3.8) is 0 Å². The van der Waals surface area contributed by atoms with Crippen LogP contribution in [0.25, 0.3) is 0 Å². The predicted octanol–water partition coefficient (Wildman–Crippen LogP) is 3.95. The van der Waals surface area contributed by atoms with Gasteiger partial charge in [0.15, 0.2) is 11.5 Å². The maximum Gasteiger partial charge on any atom is 0.163 e. The van der Waals surface area contributed by atoms with Gasteiger partial charge in [-0.05, 0) is 44.2 Å². The zero-order chi connectivity index (χ0) is 15.2. The van der Waals surface area contributed by atoms with Crippen LogP contribution in [0, 0.1) is 5.82 Å². The van der Waals surface area contributed by atoms with Crippen molar-refractivity contribution in [1.29, 1.82) is 0 Å². The smallest absolute Gasteiger partial charge is 0.163 e. The van der Waals surface area contributed by atoms with Crippen LogP contribution >= 0.6 is 0 Å². The molecule has 0 aliphatic rings. The molecule has 0 aromatic heterocycles. The summed E-state index contributed by atoms with van der Waals surface area (Å²) in [7, 11) is 0. The summed E-state index contributed by atoms with van der Waals surface area (Å²) in [5, 5.41) is 3.08. The van der Waals surface area contributed by atoms with Crippen molar-refractivity contribution in [3.8, 4) is 11.5 Å². The summed E-state index contributed by atoms with van der Waals surface area (Å²) in [5.74, 6) is 0.971. The van der Waals surface area contributed by atoms with Gasteiger partial charge in [0.1, 0.15) is 5.82 Å². The van der Waals surface area contributed by atoms with Gasteiger partial charge in [-0.1, -0.05) is 0 Å². The number of nitrogens with one attached hydrogen (secondary N) is 1. The van der Waals surface area contributed by atoms with Gasteiger partial charge in [-0.2, -0.15) is 0 Å². The van der Waals surface area contributed by atoms with E-state index in [1.54, 1.807) is 6.07 Å². The number of rotatable bonds is 6. The van der Waals surface area contributed by atoms with Gasteiger partial charge in [-0.25, -0.2) is 4.39 Å². The Morgan fingerprint density at radius 1 is 1.00 bits per heavy atom. The van der Waals surface area contributed by atoms with E-state index in [1.165, 1.54) is 18.2 Å². The molecule has 0 spiro atoms. The number of benzene rings is 2.